The van der Waals surface area contributed by atoms with Crippen LogP contribution in [0.4, 0.5) is 4.79 Å². The van der Waals surface area contributed by atoms with Crippen molar-refractivity contribution in [3.63, 3.8) is 0 Å². The Labute approximate surface area is 133 Å². The van der Waals surface area contributed by atoms with E-state index in [1.165, 1.54) is 11.1 Å². The molecular weight excluding hydrogens is 276 g/mol. The molecule has 4 nitrogen and oxygen atoms in total. The number of nitrogens with one attached hydrogen (secondary N) is 1. The largest absolute Gasteiger partial charge is 0.444 e. The third kappa shape index (κ3) is 4.73. The molecule has 0 fully saturated rings. The predicted molar refractivity (Wildman–Crippen MR) is 89.1 cm³/mol. The van der Waals surface area contributed by atoms with Crippen molar-refractivity contribution in [3.8, 4) is 0 Å². The molecule has 1 aromatic rings. The van der Waals surface area contributed by atoms with Crippen molar-refractivity contribution in [3.05, 3.63) is 35.4 Å². The van der Waals surface area contributed by atoms with Crippen LogP contribution >= 0.6 is 0 Å². The molecule has 0 aliphatic heterocycles. The van der Waals surface area contributed by atoms with E-state index in [9.17, 15) is 4.79 Å². The van der Waals surface area contributed by atoms with E-state index in [2.05, 4.69) is 29.6 Å². The van der Waals surface area contributed by atoms with Gasteiger partial charge in [-0.2, -0.15) is 0 Å². The number of likely N-dealkylation sites (N-methyl/N-ethyl adjacent to an activating group) is 1. The van der Waals surface area contributed by atoms with E-state index in [0.717, 1.165) is 19.4 Å². The van der Waals surface area contributed by atoms with Crippen LogP contribution in [0.25, 0.3) is 0 Å². The number of carbonyl (C=O) groups is 1. The minimum atomic E-state index is -0.439. The van der Waals surface area contributed by atoms with Crippen molar-refractivity contribution in [2.45, 2.75) is 52.2 Å². The van der Waals surface area contributed by atoms with Crippen molar-refractivity contribution in [2.75, 3.05) is 19.6 Å². The molecule has 0 heterocycles. The lowest BCUT2D eigenvalue weighted by atomic mass is 10.1. The van der Waals surface area contributed by atoms with Gasteiger partial charge in [-0.3, -0.25) is 0 Å². The molecule has 1 amide bonds. The lowest BCUT2D eigenvalue weighted by molar-refractivity contribution is 0.0261. The van der Waals surface area contributed by atoms with Crippen molar-refractivity contribution in [2.24, 2.45) is 0 Å². The summed E-state index contributed by atoms with van der Waals surface area (Å²) in [6, 6.07) is 9.09. The fraction of sp³-hybridized carbons (Fsp3) is 0.611. The molecule has 0 saturated carbocycles. The highest BCUT2D eigenvalue weighted by Crippen LogP contribution is 2.21. The number of carbonyl (C=O) groups excluding carboxylic acids is 1. The molecule has 0 atom stereocenters. The highest BCUT2D eigenvalue weighted by Gasteiger charge is 2.22. The second-order valence-electron chi connectivity index (χ2n) is 6.89. The van der Waals surface area contributed by atoms with Crippen LogP contribution in [0.2, 0.25) is 0 Å². The maximum Gasteiger partial charge on any atom is 0.410 e. The van der Waals surface area contributed by atoms with E-state index in [-0.39, 0.29) is 6.09 Å². The minimum absolute atomic E-state index is 0.230. The molecule has 0 bridgehead atoms. The summed E-state index contributed by atoms with van der Waals surface area (Å²) in [4.78, 5) is 13.8. The Balaban J connectivity index is 1.75. The zero-order valence-corrected chi connectivity index (χ0v) is 14.2. The molecule has 0 aromatic heterocycles. The molecule has 0 saturated heterocycles. The fourth-order valence-electron chi connectivity index (χ4n) is 2.81. The average Bonchev–Trinajstić information content (AvgIpc) is 2.84. The Kier molecular flexibility index (Phi) is 5.46. The first kappa shape index (κ1) is 16.8. The predicted octanol–water partition coefficient (Wildman–Crippen LogP) is 3.00. The van der Waals surface area contributed by atoms with E-state index in [0.29, 0.717) is 19.1 Å². The normalized spacial score (nSPS) is 14.7. The van der Waals surface area contributed by atoms with Crippen molar-refractivity contribution >= 4 is 6.09 Å². The Hall–Kier alpha value is -1.55. The zero-order chi connectivity index (χ0) is 16.2. The minimum Gasteiger partial charge on any atom is -0.444 e. The lowest BCUT2D eigenvalue weighted by Gasteiger charge is -2.27. The van der Waals surface area contributed by atoms with Crippen molar-refractivity contribution in [1.29, 1.82) is 0 Å². The summed E-state index contributed by atoms with van der Waals surface area (Å²) in [5.41, 5.74) is 2.45. The molecule has 0 radical (unpaired) electrons. The van der Waals surface area contributed by atoms with Crippen molar-refractivity contribution < 1.29 is 9.53 Å². The number of hydrogen-bond acceptors (Lipinski definition) is 3. The number of amides is 1. The molecule has 122 valence electrons. The zero-order valence-electron chi connectivity index (χ0n) is 14.2. The number of nitrogens with zero attached hydrogens (tertiary/aromatic N) is 1. The van der Waals surface area contributed by atoms with Gasteiger partial charge >= 0.3 is 6.09 Å². The number of benzene rings is 1. The lowest BCUT2D eigenvalue weighted by Crippen LogP contribution is -2.42. The van der Waals surface area contributed by atoms with Crippen LogP contribution in [0.5, 0.6) is 0 Å². The molecule has 22 heavy (non-hydrogen) atoms. The first-order chi connectivity index (χ1) is 10.4. The van der Waals surface area contributed by atoms with Crippen LogP contribution in [0.15, 0.2) is 24.3 Å². The van der Waals surface area contributed by atoms with Crippen LogP contribution in [0.3, 0.4) is 0 Å². The van der Waals surface area contributed by atoms with Crippen molar-refractivity contribution in [1.82, 2.24) is 10.2 Å². The number of ether oxygens (including phenoxy) is 1. The van der Waals surface area contributed by atoms with Crippen LogP contribution in [-0.4, -0.2) is 42.3 Å². The third-order valence-corrected chi connectivity index (χ3v) is 3.90. The standard InChI is InChI=1S/C18H28N2O2/c1-5-20(17(21)22-18(2,3)4)11-10-19-16-12-14-8-6-7-9-15(14)13-16/h6-9,16,19H,5,10-13H2,1-4H3. The van der Waals surface area contributed by atoms with Gasteiger partial charge in [0.15, 0.2) is 0 Å². The first-order valence-corrected chi connectivity index (χ1v) is 8.17. The maximum absolute atomic E-state index is 12.1. The first-order valence-electron chi connectivity index (χ1n) is 8.17. The third-order valence-electron chi connectivity index (χ3n) is 3.90. The number of hydrogen-bond donors (Lipinski definition) is 1. The molecule has 0 unspecified atom stereocenters. The quantitative estimate of drug-likeness (QED) is 0.909. The molecular formula is C18H28N2O2. The van der Waals surface area contributed by atoms with Crippen LogP contribution in [0, 0.1) is 0 Å². The van der Waals surface area contributed by atoms with Gasteiger partial charge in [-0.05, 0) is 51.7 Å². The summed E-state index contributed by atoms with van der Waals surface area (Å²) in [5, 5.41) is 3.56. The second-order valence-corrected chi connectivity index (χ2v) is 6.89. The highest BCUT2D eigenvalue weighted by atomic mass is 16.6. The van der Waals surface area contributed by atoms with Crippen LogP contribution in [0.1, 0.15) is 38.8 Å². The monoisotopic (exact) mass is 304 g/mol. The molecule has 1 aromatic carbocycles. The summed E-state index contributed by atoms with van der Waals surface area (Å²) in [5.74, 6) is 0. The smallest absolute Gasteiger partial charge is 0.410 e. The summed E-state index contributed by atoms with van der Waals surface area (Å²) < 4.78 is 5.42. The van der Waals surface area contributed by atoms with Gasteiger partial charge < -0.3 is 15.0 Å². The molecule has 0 spiro atoms. The number of rotatable bonds is 5. The Morgan fingerprint density at radius 2 is 1.86 bits per heavy atom. The van der Waals surface area contributed by atoms with Gasteiger partial charge in [-0.1, -0.05) is 24.3 Å². The van der Waals surface area contributed by atoms with Gasteiger partial charge in [-0.25, -0.2) is 4.79 Å². The fourth-order valence-corrected chi connectivity index (χ4v) is 2.81. The van der Waals surface area contributed by atoms with Crippen LogP contribution in [-0.2, 0) is 17.6 Å². The Bertz CT molecular complexity index is 483. The van der Waals surface area contributed by atoms with E-state index in [1.54, 1.807) is 4.90 Å². The molecule has 4 heteroatoms. The van der Waals surface area contributed by atoms with Gasteiger partial charge in [0.05, 0.1) is 0 Å². The van der Waals surface area contributed by atoms with Gasteiger partial charge in [0.2, 0.25) is 0 Å². The summed E-state index contributed by atoms with van der Waals surface area (Å²) in [6.45, 7) is 9.81. The van der Waals surface area contributed by atoms with E-state index in [4.69, 9.17) is 4.74 Å². The molecule has 1 N–H and O–H groups in total. The molecule has 1 aliphatic carbocycles. The van der Waals surface area contributed by atoms with Gasteiger partial charge in [-0.15, -0.1) is 0 Å². The van der Waals surface area contributed by atoms with Crippen LogP contribution < -0.4 is 5.32 Å². The topological polar surface area (TPSA) is 41.6 Å². The average molecular weight is 304 g/mol. The SMILES string of the molecule is CCN(CCNC1Cc2ccccc2C1)C(=O)OC(C)(C)C. The van der Waals surface area contributed by atoms with E-state index in [1.807, 2.05) is 27.7 Å². The summed E-state index contributed by atoms with van der Waals surface area (Å²) in [6.07, 6.45) is 1.93. The highest BCUT2D eigenvalue weighted by molar-refractivity contribution is 5.68. The molecule has 2 rings (SSSR count). The molecule has 1 aliphatic rings. The number of fused-ring (bicyclic) bond motifs is 1. The van der Waals surface area contributed by atoms with Gasteiger partial charge in [0, 0.05) is 25.7 Å². The maximum atomic E-state index is 12.1. The second kappa shape index (κ2) is 7.14. The van der Waals surface area contributed by atoms with E-state index < -0.39 is 5.60 Å². The Morgan fingerprint density at radius 3 is 2.36 bits per heavy atom. The summed E-state index contributed by atoms with van der Waals surface area (Å²) >= 11 is 0. The Morgan fingerprint density at radius 1 is 1.27 bits per heavy atom. The van der Waals surface area contributed by atoms with E-state index >= 15 is 0 Å². The van der Waals surface area contributed by atoms with Gasteiger partial charge in [0.25, 0.3) is 0 Å². The van der Waals surface area contributed by atoms with Gasteiger partial charge in [0.1, 0.15) is 5.60 Å². The summed E-state index contributed by atoms with van der Waals surface area (Å²) in [7, 11) is 0.